The molecule has 1 aromatic carbocycles. The van der Waals surface area contributed by atoms with Crippen molar-refractivity contribution in [2.75, 3.05) is 41.5 Å². The third kappa shape index (κ3) is 3.45. The topological polar surface area (TPSA) is 141 Å². The van der Waals surface area contributed by atoms with Crippen LogP contribution in [-0.4, -0.2) is 67.3 Å². The van der Waals surface area contributed by atoms with Gasteiger partial charge in [0.25, 0.3) is 0 Å². The van der Waals surface area contributed by atoms with Crippen molar-refractivity contribution < 1.29 is 16.8 Å². The van der Waals surface area contributed by atoms with Crippen LogP contribution in [0.5, 0.6) is 0 Å². The summed E-state index contributed by atoms with van der Waals surface area (Å²) >= 11 is 0. The minimum absolute atomic E-state index is 0.0686. The molecule has 0 spiro atoms. The second-order valence-corrected chi connectivity index (χ2v) is 12.0. The molecule has 1 aliphatic rings. The first-order valence-corrected chi connectivity index (χ1v) is 13.5. The molecule has 32 heavy (non-hydrogen) atoms. The van der Waals surface area contributed by atoms with Gasteiger partial charge in [-0.2, -0.15) is 9.61 Å². The second kappa shape index (κ2) is 7.14. The van der Waals surface area contributed by atoms with Crippen LogP contribution in [0.25, 0.3) is 27.7 Å². The Morgan fingerprint density at radius 2 is 1.81 bits per heavy atom. The summed E-state index contributed by atoms with van der Waals surface area (Å²) in [6.07, 6.45) is 4.32. The average molecular weight is 473 g/mol. The number of sulfone groups is 2. The van der Waals surface area contributed by atoms with Crippen LogP contribution in [0, 0.1) is 0 Å². The molecular weight excluding hydrogens is 452 g/mol. The molecule has 0 aliphatic carbocycles. The highest BCUT2D eigenvalue weighted by atomic mass is 32.2. The van der Waals surface area contributed by atoms with E-state index in [1.807, 2.05) is 30.3 Å². The average Bonchev–Trinajstić information content (AvgIpc) is 3.17. The Morgan fingerprint density at radius 3 is 2.53 bits per heavy atom. The molecule has 0 atom stereocenters. The number of nitrogens with two attached hydrogens (primary N) is 1. The van der Waals surface area contributed by atoms with Crippen molar-refractivity contribution in [3.8, 4) is 11.1 Å². The zero-order valence-electron chi connectivity index (χ0n) is 17.1. The Hall–Kier alpha value is -3.25. The maximum absolute atomic E-state index is 12.6. The van der Waals surface area contributed by atoms with Gasteiger partial charge in [0.2, 0.25) is 0 Å². The fraction of sp³-hybridized carbons (Fsp3) is 0.250. The van der Waals surface area contributed by atoms with Gasteiger partial charge in [0.15, 0.2) is 36.0 Å². The lowest BCUT2D eigenvalue weighted by Crippen LogP contribution is -2.41. The highest BCUT2D eigenvalue weighted by Gasteiger charge is 2.31. The summed E-state index contributed by atoms with van der Waals surface area (Å²) in [5.74, 6) is -0.0864. The van der Waals surface area contributed by atoms with Gasteiger partial charge >= 0.3 is 0 Å². The number of nitrogens with zero attached hydrogens (tertiary/aromatic N) is 5. The SMILES string of the molecule is CS(=O)(=O)c1c(N2CCS(=O)(=O)CC2)nc2c(-c3cnc4ccccc4c3)cnn2c1N. The number of para-hydroxylation sites is 1. The number of anilines is 2. The number of benzene rings is 1. The van der Waals surface area contributed by atoms with Crippen LogP contribution in [0.4, 0.5) is 11.6 Å². The predicted octanol–water partition coefficient (Wildman–Crippen LogP) is 1.16. The number of pyridine rings is 1. The van der Waals surface area contributed by atoms with Crippen molar-refractivity contribution in [1.82, 2.24) is 19.6 Å². The lowest BCUT2D eigenvalue weighted by atomic mass is 10.1. The highest BCUT2D eigenvalue weighted by Crippen LogP contribution is 2.34. The number of nitrogen functional groups attached to an aromatic ring is 1. The quantitative estimate of drug-likeness (QED) is 0.465. The monoisotopic (exact) mass is 472 g/mol. The molecule has 12 heteroatoms. The summed E-state index contributed by atoms with van der Waals surface area (Å²) in [5, 5.41) is 5.22. The van der Waals surface area contributed by atoms with E-state index in [0.29, 0.717) is 11.2 Å². The summed E-state index contributed by atoms with van der Waals surface area (Å²) in [5.41, 5.74) is 8.88. The molecule has 0 amide bonds. The molecule has 5 rings (SSSR count). The summed E-state index contributed by atoms with van der Waals surface area (Å²) in [6.45, 7) is 0.267. The highest BCUT2D eigenvalue weighted by molar-refractivity contribution is 7.91. The van der Waals surface area contributed by atoms with Crippen LogP contribution >= 0.6 is 0 Å². The lowest BCUT2D eigenvalue weighted by Gasteiger charge is -2.29. The van der Waals surface area contributed by atoms with E-state index in [1.54, 1.807) is 17.3 Å². The molecule has 4 aromatic rings. The number of fused-ring (bicyclic) bond motifs is 2. The molecule has 3 aromatic heterocycles. The van der Waals surface area contributed by atoms with Gasteiger partial charge in [-0.25, -0.2) is 21.8 Å². The Morgan fingerprint density at radius 1 is 1.09 bits per heavy atom. The Kier molecular flexibility index (Phi) is 4.60. The summed E-state index contributed by atoms with van der Waals surface area (Å²) in [6, 6.07) is 9.63. The molecule has 0 radical (unpaired) electrons. The molecule has 4 heterocycles. The van der Waals surface area contributed by atoms with Crippen LogP contribution in [-0.2, 0) is 19.7 Å². The van der Waals surface area contributed by atoms with E-state index in [1.165, 1.54) is 4.52 Å². The van der Waals surface area contributed by atoms with Crippen molar-refractivity contribution >= 4 is 47.9 Å². The van der Waals surface area contributed by atoms with Gasteiger partial charge in [-0.15, -0.1) is 0 Å². The fourth-order valence-electron chi connectivity index (χ4n) is 3.90. The van der Waals surface area contributed by atoms with Gasteiger partial charge in [-0.05, 0) is 12.1 Å². The summed E-state index contributed by atoms with van der Waals surface area (Å²) in [4.78, 5) is 10.6. The van der Waals surface area contributed by atoms with Crippen molar-refractivity contribution in [2.45, 2.75) is 4.90 Å². The molecular formula is C20H20N6O4S2. The summed E-state index contributed by atoms with van der Waals surface area (Å²) in [7, 11) is -6.93. The zero-order valence-corrected chi connectivity index (χ0v) is 18.8. The van der Waals surface area contributed by atoms with Crippen LogP contribution in [0.1, 0.15) is 0 Å². The van der Waals surface area contributed by atoms with E-state index in [4.69, 9.17) is 5.73 Å². The number of hydrogen-bond acceptors (Lipinski definition) is 9. The third-order valence-corrected chi connectivity index (χ3v) is 8.28. The zero-order chi connectivity index (χ0) is 22.7. The normalized spacial score (nSPS) is 16.6. The first-order chi connectivity index (χ1) is 15.1. The molecule has 0 unspecified atom stereocenters. The molecule has 1 saturated heterocycles. The standard InChI is InChI=1S/C20H20N6O4S2/c1-31(27,28)17-18(21)26-19(24-20(17)25-6-8-32(29,30)9-7-25)15(12-23-26)14-10-13-4-2-3-5-16(13)22-11-14/h2-5,10-12H,6-9,21H2,1H3. The number of hydrogen-bond donors (Lipinski definition) is 1. The Bertz CT molecular complexity index is 1580. The first kappa shape index (κ1) is 20.6. The lowest BCUT2D eigenvalue weighted by molar-refractivity contribution is 0.585. The van der Waals surface area contributed by atoms with E-state index in [2.05, 4.69) is 15.1 Å². The molecule has 1 fully saturated rings. The first-order valence-electron chi connectivity index (χ1n) is 9.82. The maximum Gasteiger partial charge on any atom is 0.182 e. The number of rotatable bonds is 3. The molecule has 166 valence electrons. The van der Waals surface area contributed by atoms with Gasteiger partial charge in [0.05, 0.1) is 23.2 Å². The third-order valence-electron chi connectivity index (χ3n) is 5.54. The van der Waals surface area contributed by atoms with E-state index in [-0.39, 0.29) is 41.1 Å². The minimum atomic E-state index is -3.77. The van der Waals surface area contributed by atoms with Gasteiger partial charge in [0.1, 0.15) is 5.82 Å². The number of aromatic nitrogens is 4. The van der Waals surface area contributed by atoms with Gasteiger partial charge in [-0.3, -0.25) is 4.98 Å². The second-order valence-electron chi connectivity index (χ2n) is 7.77. The molecule has 0 saturated carbocycles. The van der Waals surface area contributed by atoms with Gasteiger partial charge < -0.3 is 10.6 Å². The van der Waals surface area contributed by atoms with Crippen LogP contribution in [0.3, 0.4) is 0 Å². The molecule has 1 aliphatic heterocycles. The van der Waals surface area contributed by atoms with Crippen molar-refractivity contribution in [1.29, 1.82) is 0 Å². The molecule has 0 bridgehead atoms. The van der Waals surface area contributed by atoms with Crippen LogP contribution in [0.2, 0.25) is 0 Å². The maximum atomic E-state index is 12.6. The summed E-state index contributed by atoms with van der Waals surface area (Å²) < 4.78 is 50.3. The minimum Gasteiger partial charge on any atom is -0.382 e. The van der Waals surface area contributed by atoms with E-state index in [9.17, 15) is 16.8 Å². The van der Waals surface area contributed by atoms with Crippen LogP contribution in [0.15, 0.2) is 47.6 Å². The Balaban J connectivity index is 1.73. The van der Waals surface area contributed by atoms with Gasteiger partial charge in [0, 0.05) is 42.1 Å². The van der Waals surface area contributed by atoms with Crippen molar-refractivity contribution in [2.24, 2.45) is 0 Å². The van der Waals surface area contributed by atoms with E-state index >= 15 is 0 Å². The fourth-order valence-corrected chi connectivity index (χ4v) is 6.08. The van der Waals surface area contributed by atoms with Crippen molar-refractivity contribution in [3.63, 3.8) is 0 Å². The van der Waals surface area contributed by atoms with Gasteiger partial charge in [-0.1, -0.05) is 18.2 Å². The van der Waals surface area contributed by atoms with Crippen molar-refractivity contribution in [3.05, 3.63) is 42.7 Å². The van der Waals surface area contributed by atoms with Crippen LogP contribution < -0.4 is 10.6 Å². The van der Waals surface area contributed by atoms with E-state index in [0.717, 1.165) is 22.7 Å². The Labute approximate surface area is 184 Å². The smallest absolute Gasteiger partial charge is 0.182 e. The largest absolute Gasteiger partial charge is 0.382 e. The predicted molar refractivity (Wildman–Crippen MR) is 122 cm³/mol. The van der Waals surface area contributed by atoms with E-state index < -0.39 is 19.7 Å². The molecule has 10 nitrogen and oxygen atoms in total. The molecule has 2 N–H and O–H groups in total.